The topological polar surface area (TPSA) is 57.3 Å². The SMILES string of the molecule is O=C(NCC1CCN(c2nc3ccccc3s2)CC1)Nc1ccc(F)cc1. The van der Waals surface area contributed by atoms with Crippen LogP contribution in [0, 0.1) is 11.7 Å². The molecule has 0 atom stereocenters. The number of nitrogens with one attached hydrogen (secondary N) is 2. The second kappa shape index (κ2) is 7.92. The quantitative estimate of drug-likeness (QED) is 0.698. The molecular formula is C20H21FN4OS. The van der Waals surface area contributed by atoms with Crippen LogP contribution in [0.4, 0.5) is 20.0 Å². The molecule has 0 radical (unpaired) electrons. The Balaban J connectivity index is 1.24. The van der Waals surface area contributed by atoms with Gasteiger partial charge in [-0.05, 0) is 55.2 Å². The van der Waals surface area contributed by atoms with Crippen molar-refractivity contribution in [3.63, 3.8) is 0 Å². The van der Waals surface area contributed by atoms with Gasteiger partial charge < -0.3 is 15.5 Å². The van der Waals surface area contributed by atoms with Gasteiger partial charge in [0.25, 0.3) is 0 Å². The Kier molecular flexibility index (Phi) is 5.20. The number of para-hydroxylation sites is 1. The van der Waals surface area contributed by atoms with Crippen molar-refractivity contribution in [2.45, 2.75) is 12.8 Å². The molecule has 1 aromatic heterocycles. The monoisotopic (exact) mass is 384 g/mol. The summed E-state index contributed by atoms with van der Waals surface area (Å²) < 4.78 is 14.1. The van der Waals surface area contributed by atoms with Crippen LogP contribution in [-0.2, 0) is 0 Å². The van der Waals surface area contributed by atoms with Gasteiger partial charge in [0.05, 0.1) is 10.2 Å². The Morgan fingerprint density at radius 3 is 2.63 bits per heavy atom. The summed E-state index contributed by atoms with van der Waals surface area (Å²) >= 11 is 1.73. The lowest BCUT2D eigenvalue weighted by Crippen LogP contribution is -2.39. The minimum absolute atomic E-state index is 0.254. The largest absolute Gasteiger partial charge is 0.348 e. The summed E-state index contributed by atoms with van der Waals surface area (Å²) in [6.45, 7) is 2.54. The number of carbonyl (C=O) groups excluding carboxylic acids is 1. The van der Waals surface area contributed by atoms with Gasteiger partial charge in [0.1, 0.15) is 5.82 Å². The van der Waals surface area contributed by atoms with Crippen LogP contribution in [0.1, 0.15) is 12.8 Å². The van der Waals surface area contributed by atoms with Gasteiger partial charge in [-0.1, -0.05) is 23.5 Å². The van der Waals surface area contributed by atoms with Gasteiger partial charge in [0.15, 0.2) is 5.13 Å². The molecule has 7 heteroatoms. The number of nitrogens with zero attached hydrogens (tertiary/aromatic N) is 2. The number of rotatable bonds is 4. The number of benzene rings is 2. The molecule has 2 N–H and O–H groups in total. The maximum Gasteiger partial charge on any atom is 0.319 e. The van der Waals surface area contributed by atoms with Crippen LogP contribution in [0.5, 0.6) is 0 Å². The lowest BCUT2D eigenvalue weighted by molar-refractivity contribution is 0.248. The summed E-state index contributed by atoms with van der Waals surface area (Å²) in [7, 11) is 0. The third kappa shape index (κ3) is 4.36. The summed E-state index contributed by atoms with van der Waals surface area (Å²) in [5.74, 6) is 0.135. The molecular weight excluding hydrogens is 363 g/mol. The van der Waals surface area contributed by atoms with Gasteiger partial charge in [-0.2, -0.15) is 0 Å². The maximum absolute atomic E-state index is 12.9. The average molecular weight is 384 g/mol. The third-order valence-corrected chi connectivity index (χ3v) is 5.92. The molecule has 4 rings (SSSR count). The number of halogens is 1. The third-order valence-electron chi connectivity index (χ3n) is 4.82. The minimum atomic E-state index is -0.319. The molecule has 0 unspecified atom stereocenters. The Bertz CT molecular complexity index is 886. The molecule has 27 heavy (non-hydrogen) atoms. The van der Waals surface area contributed by atoms with Crippen molar-refractivity contribution in [1.82, 2.24) is 10.3 Å². The molecule has 1 aliphatic heterocycles. The second-order valence-electron chi connectivity index (χ2n) is 6.74. The van der Waals surface area contributed by atoms with Crippen LogP contribution in [0.2, 0.25) is 0 Å². The van der Waals surface area contributed by atoms with Gasteiger partial charge in [-0.3, -0.25) is 0 Å². The highest BCUT2D eigenvalue weighted by atomic mass is 32.1. The fourth-order valence-electron chi connectivity index (χ4n) is 3.27. The Labute approximate surface area is 161 Å². The molecule has 2 amide bonds. The zero-order valence-corrected chi connectivity index (χ0v) is 15.6. The van der Waals surface area contributed by atoms with Crippen LogP contribution in [0.15, 0.2) is 48.5 Å². The number of amides is 2. The number of aromatic nitrogens is 1. The molecule has 0 bridgehead atoms. The van der Waals surface area contributed by atoms with E-state index in [-0.39, 0.29) is 11.8 Å². The molecule has 3 aromatic rings. The maximum atomic E-state index is 12.9. The van der Waals surface area contributed by atoms with E-state index in [1.54, 1.807) is 23.5 Å². The summed E-state index contributed by atoms with van der Waals surface area (Å²) in [6, 6.07) is 13.7. The van der Waals surface area contributed by atoms with E-state index in [1.807, 2.05) is 18.2 Å². The van der Waals surface area contributed by atoms with Crippen LogP contribution < -0.4 is 15.5 Å². The molecule has 1 saturated heterocycles. The van der Waals surface area contributed by atoms with Crippen molar-refractivity contribution in [1.29, 1.82) is 0 Å². The fourth-order valence-corrected chi connectivity index (χ4v) is 4.29. The Hall–Kier alpha value is -2.67. The number of hydrogen-bond acceptors (Lipinski definition) is 4. The van der Waals surface area contributed by atoms with Crippen molar-refractivity contribution in [2.24, 2.45) is 5.92 Å². The number of hydrogen-bond donors (Lipinski definition) is 2. The first kappa shape index (κ1) is 17.7. The predicted octanol–water partition coefficient (Wildman–Crippen LogP) is 4.47. The summed E-state index contributed by atoms with van der Waals surface area (Å²) in [5, 5.41) is 6.72. The van der Waals surface area contributed by atoms with Gasteiger partial charge >= 0.3 is 6.03 Å². The van der Waals surface area contributed by atoms with Crippen LogP contribution in [-0.4, -0.2) is 30.6 Å². The Morgan fingerprint density at radius 2 is 1.89 bits per heavy atom. The zero-order chi connectivity index (χ0) is 18.6. The number of urea groups is 1. The highest BCUT2D eigenvalue weighted by Crippen LogP contribution is 2.31. The van der Waals surface area contributed by atoms with Crippen molar-refractivity contribution in [3.05, 3.63) is 54.3 Å². The number of fused-ring (bicyclic) bond motifs is 1. The highest BCUT2D eigenvalue weighted by Gasteiger charge is 2.22. The molecule has 0 aliphatic carbocycles. The van der Waals surface area contributed by atoms with Crippen LogP contribution in [0.3, 0.4) is 0 Å². The standard InChI is InChI=1S/C20H21FN4OS/c21-15-5-7-16(8-6-15)23-19(26)22-13-14-9-11-25(12-10-14)20-24-17-3-1-2-4-18(17)27-20/h1-8,14H,9-13H2,(H2,22,23,26). The van der Waals surface area contributed by atoms with Crippen molar-refractivity contribution >= 4 is 38.4 Å². The number of piperidine rings is 1. The van der Waals surface area contributed by atoms with Crippen LogP contribution >= 0.6 is 11.3 Å². The molecule has 5 nitrogen and oxygen atoms in total. The van der Waals surface area contributed by atoms with E-state index in [0.717, 1.165) is 36.6 Å². The van der Waals surface area contributed by atoms with E-state index in [0.29, 0.717) is 18.2 Å². The van der Waals surface area contributed by atoms with Crippen LogP contribution in [0.25, 0.3) is 10.2 Å². The van der Waals surface area contributed by atoms with Gasteiger partial charge in [-0.15, -0.1) is 0 Å². The number of thiazole rings is 1. The molecule has 2 aromatic carbocycles. The molecule has 1 fully saturated rings. The fraction of sp³-hybridized carbons (Fsp3) is 0.300. The molecule has 140 valence electrons. The lowest BCUT2D eigenvalue weighted by Gasteiger charge is -2.31. The number of carbonyl (C=O) groups is 1. The number of anilines is 2. The minimum Gasteiger partial charge on any atom is -0.348 e. The Morgan fingerprint density at radius 1 is 1.15 bits per heavy atom. The van der Waals surface area contributed by atoms with Gasteiger partial charge in [0, 0.05) is 25.3 Å². The normalized spacial score (nSPS) is 15.1. The van der Waals surface area contributed by atoms with Gasteiger partial charge in [-0.25, -0.2) is 14.2 Å². The first-order chi connectivity index (χ1) is 13.2. The van der Waals surface area contributed by atoms with Crippen molar-refractivity contribution in [2.75, 3.05) is 29.9 Å². The summed E-state index contributed by atoms with van der Waals surface area (Å²) in [4.78, 5) is 19.1. The van der Waals surface area contributed by atoms with E-state index >= 15 is 0 Å². The van der Waals surface area contributed by atoms with E-state index in [9.17, 15) is 9.18 Å². The highest BCUT2D eigenvalue weighted by molar-refractivity contribution is 7.22. The second-order valence-corrected chi connectivity index (χ2v) is 7.75. The van der Waals surface area contributed by atoms with E-state index < -0.39 is 0 Å². The average Bonchev–Trinajstić information content (AvgIpc) is 3.13. The van der Waals surface area contributed by atoms with E-state index in [4.69, 9.17) is 4.98 Å². The smallest absolute Gasteiger partial charge is 0.319 e. The molecule has 0 spiro atoms. The first-order valence-electron chi connectivity index (χ1n) is 9.08. The van der Waals surface area contributed by atoms with E-state index in [1.165, 1.54) is 16.8 Å². The molecule has 0 saturated carbocycles. The summed E-state index contributed by atoms with van der Waals surface area (Å²) in [5.41, 5.74) is 1.64. The zero-order valence-electron chi connectivity index (χ0n) is 14.8. The lowest BCUT2D eigenvalue weighted by atomic mass is 9.97. The molecule has 2 heterocycles. The predicted molar refractivity (Wildman–Crippen MR) is 108 cm³/mol. The van der Waals surface area contributed by atoms with Crippen molar-refractivity contribution in [3.8, 4) is 0 Å². The van der Waals surface area contributed by atoms with Crippen molar-refractivity contribution < 1.29 is 9.18 Å². The summed E-state index contributed by atoms with van der Waals surface area (Å²) in [6.07, 6.45) is 2.04. The first-order valence-corrected chi connectivity index (χ1v) is 9.90. The van der Waals surface area contributed by atoms with E-state index in [2.05, 4.69) is 21.6 Å². The molecule has 1 aliphatic rings. The van der Waals surface area contributed by atoms with Gasteiger partial charge in [0.2, 0.25) is 0 Å².